The number of nitrogens with zero attached hydrogens (tertiary/aromatic N) is 1. The van der Waals surface area contributed by atoms with Crippen LogP contribution in [0.4, 0.5) is 5.69 Å². The third kappa shape index (κ3) is 5.54. The molecule has 0 bridgehead atoms. The number of benzene rings is 2. The molecule has 2 amide bonds. The molecule has 0 spiro atoms. The minimum absolute atomic E-state index is 0.0242. The number of anilines is 1. The summed E-state index contributed by atoms with van der Waals surface area (Å²) in [5.41, 5.74) is 2.19. The van der Waals surface area contributed by atoms with Gasteiger partial charge in [0, 0.05) is 11.3 Å². The van der Waals surface area contributed by atoms with Crippen molar-refractivity contribution in [1.82, 2.24) is 5.32 Å². The number of hydrogen-bond acceptors (Lipinski definition) is 5. The minimum Gasteiger partial charge on any atom is -0.325 e. The molecule has 6 nitrogen and oxygen atoms in total. The Labute approximate surface area is 174 Å². The van der Waals surface area contributed by atoms with Gasteiger partial charge in [0.15, 0.2) is 11.0 Å². The number of aliphatic imine (C=N–C) groups is 1. The first-order chi connectivity index (χ1) is 14.0. The van der Waals surface area contributed by atoms with E-state index in [2.05, 4.69) is 15.6 Å². The molecule has 2 unspecified atom stereocenters. The second-order valence-electron chi connectivity index (χ2n) is 6.75. The van der Waals surface area contributed by atoms with Crippen molar-refractivity contribution in [3.63, 3.8) is 0 Å². The van der Waals surface area contributed by atoms with E-state index in [9.17, 15) is 14.4 Å². The average molecular weight is 410 g/mol. The number of rotatable bonds is 6. The second-order valence-corrected chi connectivity index (χ2v) is 7.94. The summed E-state index contributed by atoms with van der Waals surface area (Å²) in [5.74, 6) is -0.304. The van der Waals surface area contributed by atoms with E-state index in [1.165, 1.54) is 18.7 Å². The summed E-state index contributed by atoms with van der Waals surface area (Å²) in [4.78, 5) is 40.9. The summed E-state index contributed by atoms with van der Waals surface area (Å²) in [6, 6.07) is 16.2. The van der Waals surface area contributed by atoms with Gasteiger partial charge in [0.2, 0.25) is 11.8 Å². The van der Waals surface area contributed by atoms with Gasteiger partial charge in [-0.25, -0.2) is 0 Å². The molecule has 1 aliphatic heterocycles. The van der Waals surface area contributed by atoms with Gasteiger partial charge < -0.3 is 10.6 Å². The summed E-state index contributed by atoms with van der Waals surface area (Å²) in [7, 11) is 0. The molecule has 0 fully saturated rings. The van der Waals surface area contributed by atoms with E-state index in [-0.39, 0.29) is 23.6 Å². The maximum atomic E-state index is 12.7. The Balaban J connectivity index is 1.69. The van der Waals surface area contributed by atoms with Crippen LogP contribution in [0.15, 0.2) is 59.6 Å². The van der Waals surface area contributed by atoms with Crippen LogP contribution in [0.1, 0.15) is 48.7 Å². The number of nitrogens with one attached hydrogen (secondary N) is 2. The van der Waals surface area contributed by atoms with Gasteiger partial charge in [-0.1, -0.05) is 49.0 Å². The first-order valence-electron chi connectivity index (χ1n) is 9.47. The lowest BCUT2D eigenvalue weighted by Gasteiger charge is -2.23. The van der Waals surface area contributed by atoms with Crippen molar-refractivity contribution in [2.45, 2.75) is 38.0 Å². The quantitative estimate of drug-likeness (QED) is 0.707. The van der Waals surface area contributed by atoms with Crippen LogP contribution in [-0.4, -0.2) is 28.0 Å². The molecule has 0 radical (unpaired) electrons. The highest BCUT2D eigenvalue weighted by atomic mass is 32.2. The zero-order valence-corrected chi connectivity index (χ0v) is 17.2. The van der Waals surface area contributed by atoms with Crippen molar-refractivity contribution < 1.29 is 14.4 Å². The molecule has 29 heavy (non-hydrogen) atoms. The van der Waals surface area contributed by atoms with E-state index in [1.807, 2.05) is 37.3 Å². The second kappa shape index (κ2) is 9.52. The highest BCUT2D eigenvalue weighted by molar-refractivity contribution is 8.15. The Morgan fingerprint density at radius 1 is 1.17 bits per heavy atom. The van der Waals surface area contributed by atoms with Crippen molar-refractivity contribution in [2.75, 3.05) is 5.32 Å². The lowest BCUT2D eigenvalue weighted by atomic mass is 10.0. The summed E-state index contributed by atoms with van der Waals surface area (Å²) < 4.78 is 0. The van der Waals surface area contributed by atoms with Crippen molar-refractivity contribution in [3.8, 4) is 0 Å². The minimum atomic E-state index is -0.406. The summed E-state index contributed by atoms with van der Waals surface area (Å²) in [6.45, 7) is 3.41. The molecular weight excluding hydrogens is 386 g/mol. The molecule has 2 aromatic rings. The van der Waals surface area contributed by atoms with Crippen LogP contribution >= 0.6 is 11.8 Å². The highest BCUT2D eigenvalue weighted by Crippen LogP contribution is 2.28. The molecular formula is C22H23N3O3S. The Morgan fingerprint density at radius 3 is 2.48 bits per heavy atom. The largest absolute Gasteiger partial charge is 0.325 e. The van der Waals surface area contributed by atoms with Crippen LogP contribution in [0.25, 0.3) is 0 Å². The Bertz CT molecular complexity index is 926. The molecule has 7 heteroatoms. The average Bonchev–Trinajstić information content (AvgIpc) is 2.72. The van der Waals surface area contributed by atoms with E-state index >= 15 is 0 Å². The normalized spacial score (nSPS) is 17.1. The molecule has 1 heterocycles. The molecule has 0 saturated heterocycles. The highest BCUT2D eigenvalue weighted by Gasteiger charge is 2.26. The molecule has 150 valence electrons. The van der Waals surface area contributed by atoms with Crippen molar-refractivity contribution in [2.24, 2.45) is 4.99 Å². The van der Waals surface area contributed by atoms with Crippen LogP contribution in [0.2, 0.25) is 0 Å². The Morgan fingerprint density at radius 2 is 1.86 bits per heavy atom. The molecule has 3 rings (SSSR count). The van der Waals surface area contributed by atoms with Crippen LogP contribution < -0.4 is 10.6 Å². The standard InChI is InChI=1S/C22H23N3O3S/c1-3-19(21(28)23-17-11-9-15(10-12-17)14(2)26)29-22-24-18(13-20(27)25-22)16-7-5-4-6-8-16/h4-12,18-19H,3,13H2,1-2H3,(H,23,28)(H,24,25,27). The first-order valence-corrected chi connectivity index (χ1v) is 10.4. The van der Waals surface area contributed by atoms with Gasteiger partial charge >= 0.3 is 0 Å². The molecule has 0 aliphatic carbocycles. The molecule has 2 aromatic carbocycles. The number of hydrogen-bond donors (Lipinski definition) is 2. The number of thioether (sulfide) groups is 1. The number of carbonyl (C=O) groups excluding carboxylic acids is 3. The number of Topliss-reactive ketones (excluding diaryl/α,β-unsaturated/α-hetero) is 1. The molecule has 2 N–H and O–H groups in total. The first kappa shape index (κ1) is 20.8. The van der Waals surface area contributed by atoms with Gasteiger partial charge in [-0.3, -0.25) is 19.4 Å². The van der Waals surface area contributed by atoms with Gasteiger partial charge in [-0.15, -0.1) is 0 Å². The number of amidine groups is 1. The molecule has 0 aromatic heterocycles. The van der Waals surface area contributed by atoms with E-state index in [0.717, 1.165) is 5.56 Å². The lowest BCUT2D eigenvalue weighted by molar-refractivity contribution is -0.120. The lowest BCUT2D eigenvalue weighted by Crippen LogP contribution is -2.37. The third-order valence-corrected chi connectivity index (χ3v) is 5.82. The maximum Gasteiger partial charge on any atom is 0.237 e. The van der Waals surface area contributed by atoms with Crippen LogP contribution in [-0.2, 0) is 9.59 Å². The van der Waals surface area contributed by atoms with Crippen LogP contribution in [0.5, 0.6) is 0 Å². The van der Waals surface area contributed by atoms with Crippen molar-refractivity contribution in [1.29, 1.82) is 0 Å². The maximum absolute atomic E-state index is 12.7. The monoisotopic (exact) mass is 409 g/mol. The third-order valence-electron chi connectivity index (χ3n) is 4.56. The van der Waals surface area contributed by atoms with Gasteiger partial charge in [0.05, 0.1) is 17.7 Å². The zero-order valence-electron chi connectivity index (χ0n) is 16.3. The van der Waals surface area contributed by atoms with Crippen LogP contribution in [0, 0.1) is 0 Å². The Kier molecular flexibility index (Phi) is 6.82. The zero-order chi connectivity index (χ0) is 20.8. The van der Waals surface area contributed by atoms with Crippen molar-refractivity contribution >= 4 is 40.2 Å². The molecule has 0 saturated carbocycles. The van der Waals surface area contributed by atoms with Gasteiger partial charge in [-0.05, 0) is 43.2 Å². The fourth-order valence-corrected chi connectivity index (χ4v) is 3.92. The van der Waals surface area contributed by atoms with E-state index < -0.39 is 5.25 Å². The summed E-state index contributed by atoms with van der Waals surface area (Å²) >= 11 is 1.26. The van der Waals surface area contributed by atoms with Crippen molar-refractivity contribution in [3.05, 3.63) is 65.7 Å². The van der Waals surface area contributed by atoms with Gasteiger partial charge in [-0.2, -0.15) is 0 Å². The SMILES string of the molecule is CCC(SC1=NC(c2ccccc2)CC(=O)N1)C(=O)Nc1ccc(C(C)=O)cc1. The Hall–Kier alpha value is -2.93. The fourth-order valence-electron chi connectivity index (χ4n) is 2.96. The number of carbonyl (C=O) groups is 3. The van der Waals surface area contributed by atoms with Gasteiger partial charge in [0.25, 0.3) is 0 Å². The van der Waals surface area contributed by atoms with E-state index in [1.54, 1.807) is 24.3 Å². The summed E-state index contributed by atoms with van der Waals surface area (Å²) in [6.07, 6.45) is 0.868. The smallest absolute Gasteiger partial charge is 0.237 e. The van der Waals surface area contributed by atoms with E-state index in [0.29, 0.717) is 29.3 Å². The summed E-state index contributed by atoms with van der Waals surface area (Å²) in [5, 5.41) is 5.70. The molecule has 1 aliphatic rings. The number of ketones is 1. The molecule has 2 atom stereocenters. The number of amides is 2. The van der Waals surface area contributed by atoms with Gasteiger partial charge in [0.1, 0.15) is 0 Å². The predicted octanol–water partition coefficient (Wildman–Crippen LogP) is 3.96. The predicted molar refractivity (Wildman–Crippen MR) is 116 cm³/mol. The topological polar surface area (TPSA) is 87.6 Å². The van der Waals surface area contributed by atoms with Crippen LogP contribution in [0.3, 0.4) is 0 Å². The van der Waals surface area contributed by atoms with E-state index in [4.69, 9.17) is 0 Å². The fraction of sp³-hybridized carbons (Fsp3) is 0.273.